The number of anilines is 1. The van der Waals surface area contributed by atoms with Crippen molar-refractivity contribution in [3.8, 4) is 0 Å². The van der Waals surface area contributed by atoms with Crippen molar-refractivity contribution in [1.29, 1.82) is 0 Å². The molecule has 0 amide bonds. The van der Waals surface area contributed by atoms with Crippen molar-refractivity contribution in [2.45, 2.75) is 31.5 Å². The Hall–Kier alpha value is -1.76. The Bertz CT molecular complexity index is 580. The lowest BCUT2D eigenvalue weighted by atomic mass is 10.1. The first-order valence-corrected chi connectivity index (χ1v) is 7.86. The van der Waals surface area contributed by atoms with Crippen LogP contribution in [0.4, 0.5) is 18.9 Å². The molecule has 0 radical (unpaired) electrons. The van der Waals surface area contributed by atoms with Gasteiger partial charge in [0.15, 0.2) is 0 Å². The maximum atomic E-state index is 12.8. The molecule has 1 heterocycles. The van der Waals surface area contributed by atoms with Gasteiger partial charge in [0.25, 0.3) is 0 Å². The molecule has 0 unspecified atom stereocenters. The molecule has 3 rings (SSSR count). The van der Waals surface area contributed by atoms with Crippen LogP contribution in [0.2, 0.25) is 0 Å². The summed E-state index contributed by atoms with van der Waals surface area (Å²) in [5.74, 6) is 0. The highest BCUT2D eigenvalue weighted by Crippen LogP contribution is 2.32. The summed E-state index contributed by atoms with van der Waals surface area (Å²) in [4.78, 5) is 4.25. The Morgan fingerprint density at radius 1 is 1.13 bits per heavy atom. The highest BCUT2D eigenvalue weighted by molar-refractivity contribution is 5.90. The summed E-state index contributed by atoms with van der Waals surface area (Å²) in [6.07, 6.45) is -1.47. The minimum Gasteiger partial charge on any atom is -0.411 e. The van der Waals surface area contributed by atoms with Gasteiger partial charge in [0, 0.05) is 31.9 Å². The van der Waals surface area contributed by atoms with Crippen LogP contribution in [-0.2, 0) is 6.18 Å². The minimum atomic E-state index is -4.31. The second-order valence-electron chi connectivity index (χ2n) is 6.07. The number of alkyl halides is 3. The van der Waals surface area contributed by atoms with E-state index in [9.17, 15) is 13.2 Å². The average molecular weight is 327 g/mol. The summed E-state index contributed by atoms with van der Waals surface area (Å²) in [6.45, 7) is 2.88. The van der Waals surface area contributed by atoms with Gasteiger partial charge in [-0.2, -0.15) is 13.2 Å². The van der Waals surface area contributed by atoms with E-state index >= 15 is 0 Å². The van der Waals surface area contributed by atoms with Crippen LogP contribution in [0.25, 0.3) is 0 Å². The first kappa shape index (κ1) is 16.1. The van der Waals surface area contributed by atoms with Gasteiger partial charge in [-0.25, -0.2) is 0 Å². The number of hydrogen-bond acceptors (Lipinski definition) is 4. The molecule has 1 saturated heterocycles. The monoisotopic (exact) mass is 327 g/mol. The molecule has 0 aromatic heterocycles. The third kappa shape index (κ3) is 3.44. The van der Waals surface area contributed by atoms with Gasteiger partial charge in [-0.15, -0.1) is 0 Å². The van der Waals surface area contributed by atoms with Gasteiger partial charge >= 0.3 is 6.18 Å². The van der Waals surface area contributed by atoms with Crippen molar-refractivity contribution in [2.24, 2.45) is 5.16 Å². The van der Waals surface area contributed by atoms with Crippen molar-refractivity contribution < 1.29 is 18.4 Å². The van der Waals surface area contributed by atoms with Crippen LogP contribution in [-0.4, -0.2) is 48.0 Å². The number of hydrogen-bond donors (Lipinski definition) is 1. The van der Waals surface area contributed by atoms with Crippen LogP contribution in [0.1, 0.15) is 24.8 Å². The Morgan fingerprint density at radius 2 is 1.87 bits per heavy atom. The van der Waals surface area contributed by atoms with Crippen molar-refractivity contribution in [1.82, 2.24) is 4.90 Å². The van der Waals surface area contributed by atoms with Crippen LogP contribution in [0.15, 0.2) is 29.4 Å². The molecule has 1 saturated carbocycles. The second kappa shape index (κ2) is 6.39. The number of piperazine rings is 1. The Balaban J connectivity index is 1.65. The van der Waals surface area contributed by atoms with Gasteiger partial charge in [-0.05, 0) is 37.5 Å². The maximum Gasteiger partial charge on any atom is 0.416 e. The average Bonchev–Trinajstić information content (AvgIpc) is 3.03. The second-order valence-corrected chi connectivity index (χ2v) is 6.07. The van der Waals surface area contributed by atoms with E-state index in [1.54, 1.807) is 6.07 Å². The van der Waals surface area contributed by atoms with Gasteiger partial charge in [0.2, 0.25) is 0 Å². The number of halogens is 3. The Kier molecular flexibility index (Phi) is 4.48. The van der Waals surface area contributed by atoms with E-state index in [1.807, 2.05) is 4.90 Å². The lowest BCUT2D eigenvalue weighted by Crippen LogP contribution is -2.51. The standard InChI is InChI=1S/C16H20F3N3O/c17-16(18,19)12-3-1-4-13(11-12)21-7-9-22(10-8-21)15-6-2-5-14(15)20-23/h1,3-4,11,15,23H,2,5-10H2/b20-14+/t15-/m0/s1. The van der Waals surface area contributed by atoms with Crippen LogP contribution in [0, 0.1) is 0 Å². The lowest BCUT2D eigenvalue weighted by Gasteiger charge is -2.39. The van der Waals surface area contributed by atoms with E-state index in [0.717, 1.165) is 44.1 Å². The summed E-state index contributed by atoms with van der Waals surface area (Å²) >= 11 is 0. The molecule has 0 spiro atoms. The van der Waals surface area contributed by atoms with Gasteiger partial charge < -0.3 is 10.1 Å². The van der Waals surface area contributed by atoms with Crippen LogP contribution >= 0.6 is 0 Å². The highest BCUT2D eigenvalue weighted by Gasteiger charge is 2.33. The van der Waals surface area contributed by atoms with Crippen LogP contribution in [0.3, 0.4) is 0 Å². The van der Waals surface area contributed by atoms with Crippen molar-refractivity contribution >= 4 is 11.4 Å². The SMILES string of the molecule is O/N=C1\CCC[C@@H]1N1CCN(c2cccc(C(F)(F)F)c2)CC1. The van der Waals surface area contributed by atoms with Gasteiger partial charge in [-0.3, -0.25) is 4.90 Å². The quantitative estimate of drug-likeness (QED) is 0.670. The highest BCUT2D eigenvalue weighted by atomic mass is 19.4. The summed E-state index contributed by atoms with van der Waals surface area (Å²) in [5.41, 5.74) is 0.836. The third-order valence-corrected chi connectivity index (χ3v) is 4.72. The predicted molar refractivity (Wildman–Crippen MR) is 82.1 cm³/mol. The summed E-state index contributed by atoms with van der Waals surface area (Å²) < 4.78 is 38.5. The molecule has 126 valence electrons. The topological polar surface area (TPSA) is 39.1 Å². The molecule has 1 aliphatic carbocycles. The molecule has 1 aromatic carbocycles. The zero-order chi connectivity index (χ0) is 16.4. The molecule has 4 nitrogen and oxygen atoms in total. The zero-order valence-corrected chi connectivity index (χ0v) is 12.8. The van der Waals surface area contributed by atoms with E-state index in [2.05, 4.69) is 10.1 Å². The van der Waals surface area contributed by atoms with E-state index in [1.165, 1.54) is 12.1 Å². The van der Waals surface area contributed by atoms with Crippen molar-refractivity contribution in [3.63, 3.8) is 0 Å². The molecule has 2 aliphatic rings. The molecular weight excluding hydrogens is 307 g/mol. The summed E-state index contributed by atoms with van der Waals surface area (Å²) in [6, 6.07) is 5.68. The fourth-order valence-corrected chi connectivity index (χ4v) is 3.49. The maximum absolute atomic E-state index is 12.8. The third-order valence-electron chi connectivity index (χ3n) is 4.72. The molecular formula is C16H20F3N3O. The van der Waals surface area contributed by atoms with Crippen LogP contribution < -0.4 is 4.90 Å². The zero-order valence-electron chi connectivity index (χ0n) is 12.8. The van der Waals surface area contributed by atoms with Gasteiger partial charge in [0.1, 0.15) is 0 Å². The lowest BCUT2D eigenvalue weighted by molar-refractivity contribution is -0.137. The number of nitrogens with zero attached hydrogens (tertiary/aromatic N) is 3. The van der Waals surface area contributed by atoms with Crippen LogP contribution in [0.5, 0.6) is 0 Å². The summed E-state index contributed by atoms with van der Waals surface area (Å²) in [5, 5.41) is 12.4. The largest absolute Gasteiger partial charge is 0.416 e. The smallest absolute Gasteiger partial charge is 0.411 e. The van der Waals surface area contributed by atoms with E-state index < -0.39 is 11.7 Å². The Labute approximate surface area is 133 Å². The molecule has 7 heteroatoms. The molecule has 23 heavy (non-hydrogen) atoms. The van der Waals surface area contributed by atoms with E-state index in [4.69, 9.17) is 5.21 Å². The van der Waals surface area contributed by atoms with Gasteiger partial charge in [-0.1, -0.05) is 11.2 Å². The molecule has 1 aromatic rings. The number of rotatable bonds is 2. The first-order valence-electron chi connectivity index (χ1n) is 7.86. The van der Waals surface area contributed by atoms with Gasteiger partial charge in [0.05, 0.1) is 17.3 Å². The fourth-order valence-electron chi connectivity index (χ4n) is 3.49. The molecule has 1 N–H and O–H groups in total. The molecule has 2 fully saturated rings. The van der Waals surface area contributed by atoms with Crippen molar-refractivity contribution in [2.75, 3.05) is 31.1 Å². The summed E-state index contributed by atoms with van der Waals surface area (Å²) in [7, 11) is 0. The van der Waals surface area contributed by atoms with E-state index in [-0.39, 0.29) is 6.04 Å². The van der Waals surface area contributed by atoms with Crippen molar-refractivity contribution in [3.05, 3.63) is 29.8 Å². The van der Waals surface area contributed by atoms with E-state index in [0.29, 0.717) is 18.8 Å². The minimum absolute atomic E-state index is 0.184. The molecule has 1 atom stereocenters. The fraction of sp³-hybridized carbons (Fsp3) is 0.562. The predicted octanol–water partition coefficient (Wildman–Crippen LogP) is 3.21. The normalized spacial score (nSPS) is 25.3. The molecule has 0 bridgehead atoms. The number of oxime groups is 1. The molecule has 1 aliphatic heterocycles. The first-order chi connectivity index (χ1) is 11.0. The Morgan fingerprint density at radius 3 is 2.52 bits per heavy atom. The number of benzene rings is 1.